The predicted octanol–water partition coefficient (Wildman–Crippen LogP) is 2.34. The van der Waals surface area contributed by atoms with E-state index < -0.39 is 10.0 Å². The lowest BCUT2D eigenvalue weighted by Gasteiger charge is -2.30. The van der Waals surface area contributed by atoms with E-state index in [2.05, 4.69) is 4.72 Å². The van der Waals surface area contributed by atoms with Gasteiger partial charge in [0.05, 0.1) is 18.4 Å². The van der Waals surface area contributed by atoms with E-state index in [1.54, 1.807) is 0 Å². The van der Waals surface area contributed by atoms with Crippen LogP contribution < -0.4 is 9.46 Å². The van der Waals surface area contributed by atoms with Crippen LogP contribution in [0.25, 0.3) is 0 Å². The minimum atomic E-state index is -3.36. The van der Waals surface area contributed by atoms with Crippen molar-refractivity contribution in [1.82, 2.24) is 9.62 Å². The molecule has 2 aliphatic carbocycles. The Morgan fingerprint density at radius 1 is 1.32 bits per heavy atom. The van der Waals surface area contributed by atoms with Crippen LogP contribution in [0.2, 0.25) is 0 Å². The lowest BCUT2D eigenvalue weighted by molar-refractivity contribution is -0.135. The van der Waals surface area contributed by atoms with E-state index >= 15 is 0 Å². The Kier molecular flexibility index (Phi) is 4.94. The molecule has 6 nitrogen and oxygen atoms in total. The Balaban J connectivity index is 1.61. The normalized spacial score (nSPS) is 26.1. The number of amides is 1. The van der Waals surface area contributed by atoms with Gasteiger partial charge in [0.25, 0.3) is 0 Å². The number of ether oxygens (including phenoxy) is 1. The van der Waals surface area contributed by atoms with E-state index in [0.29, 0.717) is 19.1 Å². The average molecular weight is 407 g/mol. The molecule has 1 amide bonds. The van der Waals surface area contributed by atoms with E-state index in [1.807, 2.05) is 43.0 Å². The van der Waals surface area contributed by atoms with Gasteiger partial charge in [0, 0.05) is 23.9 Å². The van der Waals surface area contributed by atoms with Gasteiger partial charge in [-0.1, -0.05) is 26.0 Å². The number of nitrogens with zero attached hydrogens (tertiary/aromatic N) is 1. The molecule has 2 saturated carbocycles. The summed E-state index contributed by atoms with van der Waals surface area (Å²) in [6.45, 7) is 4.45. The molecule has 3 aliphatic rings. The van der Waals surface area contributed by atoms with E-state index in [9.17, 15) is 13.2 Å². The molecule has 1 aliphatic heterocycles. The van der Waals surface area contributed by atoms with Crippen LogP contribution in [0.5, 0.6) is 5.75 Å². The molecule has 1 aromatic carbocycles. The topological polar surface area (TPSA) is 75.7 Å². The van der Waals surface area contributed by atoms with E-state index in [0.717, 1.165) is 37.0 Å². The van der Waals surface area contributed by atoms with Gasteiger partial charge in [0.1, 0.15) is 5.75 Å². The van der Waals surface area contributed by atoms with Gasteiger partial charge in [0.2, 0.25) is 15.9 Å². The molecule has 1 saturated heterocycles. The zero-order valence-corrected chi connectivity index (χ0v) is 17.7. The molecule has 28 heavy (non-hydrogen) atoms. The highest BCUT2D eigenvalue weighted by atomic mass is 32.2. The molecular weight excluding hydrogens is 376 g/mol. The molecule has 1 N–H and O–H groups in total. The number of sulfonamides is 1. The van der Waals surface area contributed by atoms with Gasteiger partial charge in [-0.05, 0) is 49.8 Å². The third kappa shape index (κ3) is 4.20. The molecule has 1 spiro atoms. The monoisotopic (exact) mass is 406 g/mol. The second-order valence-electron chi connectivity index (χ2n) is 9.09. The van der Waals surface area contributed by atoms with Gasteiger partial charge >= 0.3 is 0 Å². The van der Waals surface area contributed by atoms with Crippen molar-refractivity contribution in [3.8, 4) is 5.75 Å². The minimum Gasteiger partial charge on any atom is -0.490 e. The number of nitrogens with one attached hydrogen (secondary N) is 1. The smallest absolute Gasteiger partial charge is 0.225 e. The summed E-state index contributed by atoms with van der Waals surface area (Å²) in [5.74, 6) is 0.841. The van der Waals surface area contributed by atoms with E-state index in [4.69, 9.17) is 4.74 Å². The second kappa shape index (κ2) is 7.02. The van der Waals surface area contributed by atoms with Crippen LogP contribution in [0.1, 0.15) is 45.1 Å². The highest BCUT2D eigenvalue weighted by molar-refractivity contribution is 7.88. The van der Waals surface area contributed by atoms with Crippen molar-refractivity contribution in [3.63, 3.8) is 0 Å². The molecule has 0 aromatic heterocycles. The van der Waals surface area contributed by atoms with Crippen LogP contribution >= 0.6 is 0 Å². The fraction of sp³-hybridized carbons (Fsp3) is 0.667. The van der Waals surface area contributed by atoms with E-state index in [1.165, 1.54) is 6.26 Å². The predicted molar refractivity (Wildman–Crippen MR) is 108 cm³/mol. The molecule has 1 heterocycles. The molecule has 0 bridgehead atoms. The summed E-state index contributed by atoms with van der Waals surface area (Å²) in [6, 6.07) is 7.59. The van der Waals surface area contributed by atoms with Gasteiger partial charge < -0.3 is 9.64 Å². The number of carbonyl (C=O) groups is 1. The zero-order valence-electron chi connectivity index (χ0n) is 16.8. The number of carbonyl (C=O) groups excluding carboxylic acids is 1. The number of rotatable bonds is 7. The molecule has 3 fully saturated rings. The van der Waals surface area contributed by atoms with Gasteiger partial charge in [-0.25, -0.2) is 13.1 Å². The first-order valence-electron chi connectivity index (χ1n) is 10.2. The molecule has 2 unspecified atom stereocenters. The lowest BCUT2D eigenvalue weighted by Crippen LogP contribution is -2.50. The van der Waals surface area contributed by atoms with Crippen LogP contribution in [-0.4, -0.2) is 50.2 Å². The summed E-state index contributed by atoms with van der Waals surface area (Å²) in [4.78, 5) is 14.8. The summed E-state index contributed by atoms with van der Waals surface area (Å²) in [5.41, 5.74) is 0.961. The van der Waals surface area contributed by atoms with Crippen molar-refractivity contribution in [2.45, 2.75) is 64.1 Å². The SMILES string of the molecule is CC(C)C(=O)N1CC2(CC2)C(NS(C)(=O)=O)C1Cc1cccc(OC2CC2)c1. The molecule has 4 rings (SSSR count). The van der Waals surface area contributed by atoms with Crippen LogP contribution in [-0.2, 0) is 21.2 Å². The maximum atomic E-state index is 12.9. The maximum absolute atomic E-state index is 12.9. The molecule has 2 atom stereocenters. The van der Waals surface area contributed by atoms with Crippen LogP contribution in [0.3, 0.4) is 0 Å². The van der Waals surface area contributed by atoms with Crippen LogP contribution in [0, 0.1) is 11.3 Å². The third-order valence-corrected chi connectivity index (χ3v) is 6.79. The fourth-order valence-corrected chi connectivity index (χ4v) is 5.24. The first-order chi connectivity index (χ1) is 13.2. The Labute approximate surface area is 167 Å². The highest BCUT2D eigenvalue weighted by Crippen LogP contribution is 2.55. The summed E-state index contributed by atoms with van der Waals surface area (Å²) in [5, 5.41) is 0. The number of hydrogen-bond acceptors (Lipinski definition) is 4. The lowest BCUT2D eigenvalue weighted by atomic mass is 9.92. The molecular formula is C21H30N2O4S. The quantitative estimate of drug-likeness (QED) is 0.754. The van der Waals surface area contributed by atoms with Crippen molar-refractivity contribution in [2.75, 3.05) is 12.8 Å². The summed E-state index contributed by atoms with van der Waals surface area (Å²) in [7, 11) is -3.36. The molecule has 154 valence electrons. The van der Waals surface area contributed by atoms with Gasteiger partial charge in [-0.15, -0.1) is 0 Å². The minimum absolute atomic E-state index is 0.0967. The van der Waals surface area contributed by atoms with Gasteiger partial charge in [-0.3, -0.25) is 4.79 Å². The summed E-state index contributed by atoms with van der Waals surface area (Å²) in [6.07, 6.45) is 6.29. The summed E-state index contributed by atoms with van der Waals surface area (Å²) < 4.78 is 32.9. The van der Waals surface area contributed by atoms with Crippen molar-refractivity contribution >= 4 is 15.9 Å². The van der Waals surface area contributed by atoms with Crippen molar-refractivity contribution < 1.29 is 17.9 Å². The molecule has 1 aromatic rings. The third-order valence-electron chi connectivity index (χ3n) is 6.11. The van der Waals surface area contributed by atoms with Crippen LogP contribution in [0.4, 0.5) is 0 Å². The van der Waals surface area contributed by atoms with Crippen LogP contribution in [0.15, 0.2) is 24.3 Å². The Bertz CT molecular complexity index is 859. The first kappa shape index (κ1) is 19.7. The van der Waals surface area contributed by atoms with Crippen molar-refractivity contribution in [3.05, 3.63) is 29.8 Å². The number of hydrogen-bond donors (Lipinski definition) is 1. The van der Waals surface area contributed by atoms with Gasteiger partial charge in [0.15, 0.2) is 0 Å². The van der Waals surface area contributed by atoms with Crippen molar-refractivity contribution in [1.29, 1.82) is 0 Å². The number of benzene rings is 1. The fourth-order valence-electron chi connectivity index (χ4n) is 4.37. The maximum Gasteiger partial charge on any atom is 0.225 e. The zero-order chi connectivity index (χ0) is 20.1. The second-order valence-corrected chi connectivity index (χ2v) is 10.9. The summed E-state index contributed by atoms with van der Waals surface area (Å²) >= 11 is 0. The standard InChI is InChI=1S/C21H30N2O4S/c1-14(2)20(24)23-13-21(9-10-21)19(22-28(3,25)26)18(23)12-15-5-4-6-17(11-15)27-16-7-8-16/h4-6,11,14,16,18-19,22H,7-10,12-13H2,1-3H3. The molecule has 7 heteroatoms. The largest absolute Gasteiger partial charge is 0.490 e. The Hall–Kier alpha value is -1.60. The van der Waals surface area contributed by atoms with E-state index in [-0.39, 0.29) is 29.3 Å². The first-order valence-corrected chi connectivity index (χ1v) is 12.1. The highest BCUT2D eigenvalue weighted by Gasteiger charge is 2.61. The number of likely N-dealkylation sites (tertiary alicyclic amines) is 1. The van der Waals surface area contributed by atoms with Crippen molar-refractivity contribution in [2.24, 2.45) is 11.3 Å². The average Bonchev–Trinajstić information content (AvgIpc) is 3.51. The Morgan fingerprint density at radius 2 is 2.04 bits per heavy atom. The Morgan fingerprint density at radius 3 is 2.61 bits per heavy atom. The van der Waals surface area contributed by atoms with Gasteiger partial charge in [-0.2, -0.15) is 0 Å². The molecule has 0 radical (unpaired) electrons.